The lowest BCUT2D eigenvalue weighted by Gasteiger charge is -2.38. The summed E-state index contributed by atoms with van der Waals surface area (Å²) in [5.41, 5.74) is 1.04. The molecule has 3 rings (SSSR count). The highest BCUT2D eigenvalue weighted by molar-refractivity contribution is 6.30. The molecule has 4 nitrogen and oxygen atoms in total. The first kappa shape index (κ1) is 14.4. The Labute approximate surface area is 129 Å². The van der Waals surface area contributed by atoms with E-state index in [4.69, 9.17) is 11.6 Å². The molecular formula is C16H19ClN2O2. The van der Waals surface area contributed by atoms with Gasteiger partial charge in [-0.05, 0) is 36.0 Å². The molecule has 0 saturated carbocycles. The molecule has 5 heteroatoms. The number of hydrogen-bond donors (Lipinski definition) is 1. The number of benzene rings is 1. The molecule has 2 aliphatic heterocycles. The highest BCUT2D eigenvalue weighted by Crippen LogP contribution is 2.37. The number of likely N-dealkylation sites (tertiary alicyclic amines) is 1. The van der Waals surface area contributed by atoms with Crippen LogP contribution in [-0.4, -0.2) is 36.3 Å². The van der Waals surface area contributed by atoms with Gasteiger partial charge < -0.3 is 10.2 Å². The number of nitrogens with one attached hydrogen (secondary N) is 1. The molecule has 1 aromatic carbocycles. The molecule has 1 spiro atoms. The van der Waals surface area contributed by atoms with Crippen molar-refractivity contribution in [3.63, 3.8) is 0 Å². The van der Waals surface area contributed by atoms with Crippen molar-refractivity contribution in [2.24, 2.45) is 5.41 Å². The highest BCUT2D eigenvalue weighted by atomic mass is 35.5. The van der Waals surface area contributed by atoms with Gasteiger partial charge in [0, 0.05) is 31.1 Å². The number of amides is 2. The molecule has 1 N–H and O–H groups in total. The van der Waals surface area contributed by atoms with E-state index in [1.54, 1.807) is 0 Å². The Balaban J connectivity index is 1.57. The average molecular weight is 307 g/mol. The normalized spacial score (nSPS) is 20.6. The maximum Gasteiger partial charge on any atom is 0.226 e. The number of piperidine rings is 1. The van der Waals surface area contributed by atoms with Gasteiger partial charge in [-0.25, -0.2) is 0 Å². The summed E-state index contributed by atoms with van der Waals surface area (Å²) < 4.78 is 0. The molecule has 2 aliphatic rings. The van der Waals surface area contributed by atoms with Gasteiger partial charge in [-0.15, -0.1) is 0 Å². The molecular weight excluding hydrogens is 288 g/mol. The van der Waals surface area contributed by atoms with Crippen molar-refractivity contribution in [1.29, 1.82) is 0 Å². The van der Waals surface area contributed by atoms with E-state index >= 15 is 0 Å². The minimum absolute atomic E-state index is 0.0872. The van der Waals surface area contributed by atoms with Crippen LogP contribution in [0.25, 0.3) is 0 Å². The molecule has 0 bridgehead atoms. The molecule has 0 radical (unpaired) electrons. The second kappa shape index (κ2) is 5.68. The molecule has 21 heavy (non-hydrogen) atoms. The molecule has 1 aromatic rings. The predicted octanol–water partition coefficient (Wildman–Crippen LogP) is 2.01. The van der Waals surface area contributed by atoms with Gasteiger partial charge in [0.2, 0.25) is 11.8 Å². The number of hydrogen-bond acceptors (Lipinski definition) is 2. The van der Waals surface area contributed by atoms with Crippen molar-refractivity contribution >= 4 is 23.4 Å². The lowest BCUT2D eigenvalue weighted by Crippen LogP contribution is -2.44. The zero-order valence-electron chi connectivity index (χ0n) is 11.9. The van der Waals surface area contributed by atoms with Gasteiger partial charge in [0.15, 0.2) is 0 Å². The number of nitrogens with zero attached hydrogens (tertiary/aromatic N) is 1. The van der Waals surface area contributed by atoms with E-state index in [1.807, 2.05) is 29.2 Å². The third kappa shape index (κ3) is 3.21. The predicted molar refractivity (Wildman–Crippen MR) is 81.0 cm³/mol. The van der Waals surface area contributed by atoms with Crippen LogP contribution in [0.5, 0.6) is 0 Å². The zero-order chi connectivity index (χ0) is 14.9. The summed E-state index contributed by atoms with van der Waals surface area (Å²) in [5.74, 6) is 0.290. The highest BCUT2D eigenvalue weighted by Gasteiger charge is 2.41. The lowest BCUT2D eigenvalue weighted by atomic mass is 9.77. The van der Waals surface area contributed by atoms with Crippen molar-refractivity contribution < 1.29 is 9.59 Å². The van der Waals surface area contributed by atoms with Crippen LogP contribution in [0, 0.1) is 5.41 Å². The minimum Gasteiger partial charge on any atom is -0.356 e. The average Bonchev–Trinajstić information content (AvgIpc) is 2.80. The van der Waals surface area contributed by atoms with Crippen molar-refractivity contribution in [1.82, 2.24) is 10.2 Å². The summed E-state index contributed by atoms with van der Waals surface area (Å²) in [6.07, 6.45) is 2.83. The molecule has 0 unspecified atom stereocenters. The first-order chi connectivity index (χ1) is 10.1. The summed E-state index contributed by atoms with van der Waals surface area (Å²) in [7, 11) is 0. The Hall–Kier alpha value is -1.55. The topological polar surface area (TPSA) is 49.4 Å². The van der Waals surface area contributed by atoms with Crippen LogP contribution in [-0.2, 0) is 16.0 Å². The van der Waals surface area contributed by atoms with E-state index < -0.39 is 0 Å². The fourth-order valence-corrected chi connectivity index (χ4v) is 3.48. The Morgan fingerprint density at radius 1 is 1.33 bits per heavy atom. The van der Waals surface area contributed by atoms with Gasteiger partial charge in [-0.2, -0.15) is 0 Å². The van der Waals surface area contributed by atoms with Gasteiger partial charge in [-0.3, -0.25) is 9.59 Å². The van der Waals surface area contributed by atoms with Crippen LogP contribution in [0.15, 0.2) is 24.3 Å². The molecule has 2 fully saturated rings. The standard InChI is InChI=1S/C16H19ClN2O2/c17-13-3-1-2-12(8-13)9-15(21)19-6-4-16(5-7-19)10-14(20)18-11-16/h1-3,8H,4-7,9-11H2,(H,18,20). The van der Waals surface area contributed by atoms with Crippen molar-refractivity contribution in [2.75, 3.05) is 19.6 Å². The smallest absolute Gasteiger partial charge is 0.226 e. The van der Waals surface area contributed by atoms with Gasteiger partial charge >= 0.3 is 0 Å². The number of halogens is 1. The molecule has 0 aromatic heterocycles. The Kier molecular flexibility index (Phi) is 3.89. The van der Waals surface area contributed by atoms with E-state index in [9.17, 15) is 9.59 Å². The zero-order valence-corrected chi connectivity index (χ0v) is 12.7. The van der Waals surface area contributed by atoms with Crippen molar-refractivity contribution in [2.45, 2.75) is 25.7 Å². The molecule has 0 aliphatic carbocycles. The van der Waals surface area contributed by atoms with Crippen LogP contribution >= 0.6 is 11.6 Å². The largest absolute Gasteiger partial charge is 0.356 e. The van der Waals surface area contributed by atoms with Gasteiger partial charge in [0.25, 0.3) is 0 Å². The van der Waals surface area contributed by atoms with Gasteiger partial charge in [-0.1, -0.05) is 23.7 Å². The monoisotopic (exact) mass is 306 g/mol. The third-order valence-electron chi connectivity index (χ3n) is 4.62. The first-order valence-electron chi connectivity index (χ1n) is 7.35. The van der Waals surface area contributed by atoms with E-state index in [-0.39, 0.29) is 17.2 Å². The van der Waals surface area contributed by atoms with Crippen molar-refractivity contribution in [3.8, 4) is 0 Å². The second-order valence-corrected chi connectivity index (χ2v) is 6.58. The van der Waals surface area contributed by atoms with Crippen LogP contribution < -0.4 is 5.32 Å². The van der Waals surface area contributed by atoms with Crippen LogP contribution in [0.2, 0.25) is 5.02 Å². The number of rotatable bonds is 2. The summed E-state index contributed by atoms with van der Waals surface area (Å²) in [4.78, 5) is 25.7. The second-order valence-electron chi connectivity index (χ2n) is 6.14. The Morgan fingerprint density at radius 3 is 2.71 bits per heavy atom. The summed E-state index contributed by atoms with van der Waals surface area (Å²) in [6.45, 7) is 2.25. The van der Waals surface area contributed by atoms with Crippen LogP contribution in [0.3, 0.4) is 0 Å². The van der Waals surface area contributed by atoms with E-state index in [0.29, 0.717) is 17.9 Å². The SMILES string of the molecule is O=C1CC2(CCN(C(=O)Cc3cccc(Cl)c3)CC2)CN1. The van der Waals surface area contributed by atoms with Crippen LogP contribution in [0.4, 0.5) is 0 Å². The van der Waals surface area contributed by atoms with Crippen molar-refractivity contribution in [3.05, 3.63) is 34.9 Å². The minimum atomic E-state index is 0.0872. The first-order valence-corrected chi connectivity index (χ1v) is 7.73. The van der Waals surface area contributed by atoms with E-state index in [2.05, 4.69) is 5.32 Å². The number of carbonyl (C=O) groups is 2. The van der Waals surface area contributed by atoms with E-state index in [1.165, 1.54) is 0 Å². The van der Waals surface area contributed by atoms with E-state index in [0.717, 1.165) is 38.0 Å². The maximum absolute atomic E-state index is 12.3. The molecule has 0 atom stereocenters. The summed E-state index contributed by atoms with van der Waals surface area (Å²) in [5, 5.41) is 3.57. The fourth-order valence-electron chi connectivity index (χ4n) is 3.27. The maximum atomic E-state index is 12.3. The summed E-state index contributed by atoms with van der Waals surface area (Å²) >= 11 is 5.95. The molecule has 2 heterocycles. The van der Waals surface area contributed by atoms with Gasteiger partial charge in [0.1, 0.15) is 0 Å². The third-order valence-corrected chi connectivity index (χ3v) is 4.85. The summed E-state index contributed by atoms with van der Waals surface area (Å²) in [6, 6.07) is 7.44. The molecule has 2 amide bonds. The quantitative estimate of drug-likeness (QED) is 0.908. The number of carbonyl (C=O) groups excluding carboxylic acids is 2. The Bertz CT molecular complexity index is 565. The van der Waals surface area contributed by atoms with Crippen LogP contribution in [0.1, 0.15) is 24.8 Å². The molecule has 2 saturated heterocycles. The molecule has 112 valence electrons. The van der Waals surface area contributed by atoms with Gasteiger partial charge in [0.05, 0.1) is 6.42 Å². The lowest BCUT2D eigenvalue weighted by molar-refractivity contribution is -0.132. The Morgan fingerprint density at radius 2 is 2.10 bits per heavy atom. The fraction of sp³-hybridized carbons (Fsp3) is 0.500.